The van der Waals surface area contributed by atoms with Crippen LogP contribution in [0, 0.1) is 6.92 Å². The molecular weight excluding hydrogens is 328 g/mol. The van der Waals surface area contributed by atoms with Gasteiger partial charge in [-0.3, -0.25) is 4.72 Å². The summed E-state index contributed by atoms with van der Waals surface area (Å²) >= 11 is 3.39. The molecule has 2 N–H and O–H groups in total. The van der Waals surface area contributed by atoms with Crippen molar-refractivity contribution in [3.05, 3.63) is 28.2 Å². The van der Waals surface area contributed by atoms with Crippen LogP contribution in [0.1, 0.15) is 25.3 Å². The van der Waals surface area contributed by atoms with Crippen LogP contribution in [0.2, 0.25) is 0 Å². The van der Waals surface area contributed by atoms with Gasteiger partial charge in [-0.25, -0.2) is 8.42 Å². The second-order valence-corrected chi connectivity index (χ2v) is 7.18. The number of benzene rings is 1. The highest BCUT2D eigenvalue weighted by atomic mass is 79.9. The quantitative estimate of drug-likeness (QED) is 0.710. The van der Waals surface area contributed by atoms with Gasteiger partial charge < -0.3 is 5.32 Å². The Balaban J connectivity index is 2.47. The summed E-state index contributed by atoms with van der Waals surface area (Å²) in [6.45, 7) is 5.67. The van der Waals surface area contributed by atoms with Gasteiger partial charge >= 0.3 is 0 Å². The molecule has 0 aromatic heterocycles. The van der Waals surface area contributed by atoms with Gasteiger partial charge in [0.2, 0.25) is 10.0 Å². The van der Waals surface area contributed by atoms with Crippen LogP contribution in [-0.4, -0.2) is 27.3 Å². The van der Waals surface area contributed by atoms with Crippen LogP contribution in [0.4, 0.5) is 5.69 Å². The number of hydrogen-bond acceptors (Lipinski definition) is 3. The molecule has 108 valence electrons. The summed E-state index contributed by atoms with van der Waals surface area (Å²) < 4.78 is 27.3. The maximum atomic E-state index is 11.9. The minimum atomic E-state index is -3.26. The van der Waals surface area contributed by atoms with Crippen molar-refractivity contribution in [1.29, 1.82) is 0 Å². The van der Waals surface area contributed by atoms with E-state index in [0.717, 1.165) is 29.5 Å². The Labute approximate surface area is 124 Å². The Morgan fingerprint density at radius 3 is 2.63 bits per heavy atom. The highest BCUT2D eigenvalue weighted by Gasteiger charge is 2.10. The normalized spacial score (nSPS) is 11.5. The summed E-state index contributed by atoms with van der Waals surface area (Å²) in [6.07, 6.45) is 1.67. The van der Waals surface area contributed by atoms with Gasteiger partial charge in [0.25, 0.3) is 0 Å². The molecule has 0 amide bonds. The highest BCUT2D eigenvalue weighted by molar-refractivity contribution is 9.10. The number of hydrogen-bond donors (Lipinski definition) is 2. The Hall–Kier alpha value is -0.590. The lowest BCUT2D eigenvalue weighted by Crippen LogP contribution is -2.22. The molecule has 0 aliphatic rings. The van der Waals surface area contributed by atoms with Crippen molar-refractivity contribution >= 4 is 31.6 Å². The summed E-state index contributed by atoms with van der Waals surface area (Å²) in [5, 5.41) is 3.19. The molecule has 0 fully saturated rings. The van der Waals surface area contributed by atoms with Crippen molar-refractivity contribution in [3.8, 4) is 0 Å². The molecule has 0 radical (unpaired) electrons. The highest BCUT2D eigenvalue weighted by Crippen LogP contribution is 2.20. The smallest absolute Gasteiger partial charge is 0.232 e. The van der Waals surface area contributed by atoms with Gasteiger partial charge in [-0.15, -0.1) is 0 Å². The molecule has 1 aromatic rings. The zero-order chi connectivity index (χ0) is 14.3. The van der Waals surface area contributed by atoms with Gasteiger partial charge in [0.1, 0.15) is 0 Å². The fraction of sp³-hybridized carbons (Fsp3) is 0.538. The molecule has 19 heavy (non-hydrogen) atoms. The molecule has 0 atom stereocenters. The monoisotopic (exact) mass is 348 g/mol. The van der Waals surface area contributed by atoms with Crippen LogP contribution in [0.25, 0.3) is 0 Å². The molecule has 0 unspecified atom stereocenters. The first-order chi connectivity index (χ1) is 8.94. The van der Waals surface area contributed by atoms with Crippen LogP contribution in [0.3, 0.4) is 0 Å². The second kappa shape index (κ2) is 7.87. The molecule has 0 heterocycles. The molecule has 0 bridgehead atoms. The van der Waals surface area contributed by atoms with E-state index >= 15 is 0 Å². The van der Waals surface area contributed by atoms with Crippen LogP contribution < -0.4 is 10.0 Å². The standard InChI is InChI=1S/C13H21BrN2O2S/c1-3-7-15-8-4-9-19(17,18)16-12-5-6-13(14)11(2)10-12/h5-6,10,15-16H,3-4,7-9H2,1-2H3. The minimum absolute atomic E-state index is 0.138. The SMILES string of the molecule is CCCNCCCS(=O)(=O)Nc1ccc(Br)c(C)c1. The van der Waals surface area contributed by atoms with Crippen molar-refractivity contribution in [1.82, 2.24) is 5.32 Å². The molecule has 4 nitrogen and oxygen atoms in total. The van der Waals surface area contributed by atoms with Gasteiger partial charge in [0.05, 0.1) is 5.75 Å². The number of halogens is 1. The van der Waals surface area contributed by atoms with E-state index in [1.165, 1.54) is 0 Å². The third-order valence-electron chi connectivity index (χ3n) is 2.62. The summed E-state index contributed by atoms with van der Waals surface area (Å²) in [7, 11) is -3.26. The lowest BCUT2D eigenvalue weighted by atomic mass is 10.2. The topological polar surface area (TPSA) is 58.2 Å². The average molecular weight is 349 g/mol. The molecule has 0 spiro atoms. The average Bonchev–Trinajstić information content (AvgIpc) is 2.33. The first-order valence-corrected chi connectivity index (χ1v) is 8.86. The molecule has 1 rings (SSSR count). The summed E-state index contributed by atoms with van der Waals surface area (Å²) in [6, 6.07) is 5.41. The fourth-order valence-corrected chi connectivity index (χ4v) is 2.99. The van der Waals surface area contributed by atoms with Gasteiger partial charge in [0.15, 0.2) is 0 Å². The van der Waals surface area contributed by atoms with E-state index in [9.17, 15) is 8.42 Å². The van der Waals surface area contributed by atoms with Gasteiger partial charge in [-0.05, 0) is 56.6 Å². The third-order valence-corrected chi connectivity index (χ3v) is 4.89. The maximum Gasteiger partial charge on any atom is 0.232 e. The molecule has 0 aliphatic heterocycles. The summed E-state index contributed by atoms with van der Waals surface area (Å²) in [5.74, 6) is 0.138. The first-order valence-electron chi connectivity index (χ1n) is 6.42. The zero-order valence-electron chi connectivity index (χ0n) is 11.4. The van der Waals surface area contributed by atoms with E-state index < -0.39 is 10.0 Å². The number of nitrogens with one attached hydrogen (secondary N) is 2. The lowest BCUT2D eigenvalue weighted by molar-refractivity contribution is 0.593. The summed E-state index contributed by atoms with van der Waals surface area (Å²) in [5.41, 5.74) is 1.62. The van der Waals surface area contributed by atoms with E-state index in [1.807, 2.05) is 19.1 Å². The first kappa shape index (κ1) is 16.5. The predicted molar refractivity (Wildman–Crippen MR) is 84.1 cm³/mol. The van der Waals surface area contributed by atoms with Crippen LogP contribution in [-0.2, 0) is 10.0 Å². The third kappa shape index (κ3) is 6.40. The predicted octanol–water partition coefficient (Wildman–Crippen LogP) is 2.89. The summed E-state index contributed by atoms with van der Waals surface area (Å²) in [4.78, 5) is 0. The van der Waals surface area contributed by atoms with E-state index in [1.54, 1.807) is 6.07 Å². The second-order valence-electron chi connectivity index (χ2n) is 4.49. The number of anilines is 1. The Bertz CT molecular complexity index is 503. The molecular formula is C13H21BrN2O2S. The number of aryl methyl sites for hydroxylation is 1. The molecule has 6 heteroatoms. The molecule has 1 aromatic carbocycles. The Morgan fingerprint density at radius 1 is 1.26 bits per heavy atom. The van der Waals surface area contributed by atoms with Gasteiger partial charge in [-0.1, -0.05) is 22.9 Å². The van der Waals surface area contributed by atoms with Crippen molar-refractivity contribution in [2.24, 2.45) is 0 Å². The molecule has 0 saturated carbocycles. The van der Waals surface area contributed by atoms with E-state index in [0.29, 0.717) is 12.1 Å². The van der Waals surface area contributed by atoms with Gasteiger partial charge in [0, 0.05) is 10.2 Å². The Morgan fingerprint density at radius 2 is 2.00 bits per heavy atom. The van der Waals surface area contributed by atoms with Gasteiger partial charge in [-0.2, -0.15) is 0 Å². The number of sulfonamides is 1. The largest absolute Gasteiger partial charge is 0.317 e. The van der Waals surface area contributed by atoms with E-state index in [-0.39, 0.29) is 5.75 Å². The molecule has 0 aliphatic carbocycles. The van der Waals surface area contributed by atoms with E-state index in [4.69, 9.17) is 0 Å². The molecule has 0 saturated heterocycles. The van der Waals surface area contributed by atoms with Crippen molar-refractivity contribution in [2.75, 3.05) is 23.6 Å². The van der Waals surface area contributed by atoms with Crippen LogP contribution >= 0.6 is 15.9 Å². The minimum Gasteiger partial charge on any atom is -0.317 e. The maximum absolute atomic E-state index is 11.9. The zero-order valence-corrected chi connectivity index (χ0v) is 13.8. The van der Waals surface area contributed by atoms with Crippen molar-refractivity contribution < 1.29 is 8.42 Å². The van der Waals surface area contributed by atoms with Crippen LogP contribution in [0.15, 0.2) is 22.7 Å². The number of rotatable bonds is 8. The van der Waals surface area contributed by atoms with E-state index in [2.05, 4.69) is 32.9 Å². The van der Waals surface area contributed by atoms with Crippen LogP contribution in [0.5, 0.6) is 0 Å². The fourth-order valence-electron chi connectivity index (χ4n) is 1.63. The Kier molecular flexibility index (Phi) is 6.82. The van der Waals surface area contributed by atoms with Crippen molar-refractivity contribution in [3.63, 3.8) is 0 Å². The lowest BCUT2D eigenvalue weighted by Gasteiger charge is -2.09. The van der Waals surface area contributed by atoms with Crippen molar-refractivity contribution in [2.45, 2.75) is 26.7 Å².